The molecule has 26 heavy (non-hydrogen) atoms. The molecular formula is C19H11NO6. The summed E-state index contributed by atoms with van der Waals surface area (Å²) in [4.78, 5) is 21.6. The summed E-state index contributed by atoms with van der Waals surface area (Å²) in [6.45, 7) is 0. The number of carboxylic acid groups (broad SMARTS) is 1. The number of benzene rings is 3. The first-order valence-electron chi connectivity index (χ1n) is 7.64. The first-order valence-corrected chi connectivity index (χ1v) is 7.64. The van der Waals surface area contributed by atoms with E-state index in [0.29, 0.717) is 11.3 Å². The molecule has 0 unspecified atom stereocenters. The molecule has 0 aliphatic heterocycles. The highest BCUT2D eigenvalue weighted by Crippen LogP contribution is 2.36. The fourth-order valence-corrected chi connectivity index (χ4v) is 2.78. The molecule has 3 aromatic carbocycles. The van der Waals surface area contributed by atoms with Crippen LogP contribution >= 0.6 is 0 Å². The molecule has 1 heterocycles. The van der Waals surface area contributed by atoms with Crippen LogP contribution in [0.4, 0.5) is 5.69 Å². The number of aromatic carboxylic acids is 1. The molecule has 0 bridgehead atoms. The molecule has 0 aliphatic carbocycles. The predicted molar refractivity (Wildman–Crippen MR) is 93.8 cm³/mol. The minimum Gasteiger partial charge on any atom is -0.478 e. The van der Waals surface area contributed by atoms with Gasteiger partial charge >= 0.3 is 11.7 Å². The second-order valence-corrected chi connectivity index (χ2v) is 5.60. The van der Waals surface area contributed by atoms with Gasteiger partial charge < -0.3 is 14.3 Å². The minimum atomic E-state index is -1.24. The van der Waals surface area contributed by atoms with Gasteiger partial charge in [0.05, 0.1) is 10.5 Å². The Hall–Kier alpha value is -3.87. The molecule has 0 spiro atoms. The molecule has 0 fully saturated rings. The lowest BCUT2D eigenvalue weighted by Gasteiger charge is -2.07. The smallest absolute Gasteiger partial charge is 0.335 e. The van der Waals surface area contributed by atoms with Gasteiger partial charge in [-0.05, 0) is 36.4 Å². The number of rotatable bonds is 4. The van der Waals surface area contributed by atoms with Crippen molar-refractivity contribution in [2.45, 2.75) is 0 Å². The van der Waals surface area contributed by atoms with Crippen molar-refractivity contribution in [1.82, 2.24) is 0 Å². The fourth-order valence-electron chi connectivity index (χ4n) is 2.78. The Morgan fingerprint density at radius 3 is 2.54 bits per heavy atom. The van der Waals surface area contributed by atoms with E-state index in [-0.39, 0.29) is 11.3 Å². The van der Waals surface area contributed by atoms with Crippen molar-refractivity contribution in [3.8, 4) is 11.5 Å². The Labute approximate surface area is 146 Å². The molecule has 0 atom stereocenters. The maximum Gasteiger partial charge on any atom is 0.335 e. The first kappa shape index (κ1) is 15.6. The molecule has 0 aliphatic rings. The summed E-state index contributed by atoms with van der Waals surface area (Å²) in [7, 11) is 0. The Balaban J connectivity index is 1.78. The quantitative estimate of drug-likeness (QED) is 0.411. The topological polar surface area (TPSA) is 103 Å². The monoisotopic (exact) mass is 349 g/mol. The number of nitrogens with zero attached hydrogens (tertiary/aromatic N) is 1. The van der Waals surface area contributed by atoms with E-state index in [0.717, 1.165) is 22.4 Å². The van der Waals surface area contributed by atoms with Gasteiger partial charge in [0.25, 0.3) is 0 Å². The number of hydrogen-bond acceptors (Lipinski definition) is 5. The molecule has 1 N–H and O–H groups in total. The summed E-state index contributed by atoms with van der Waals surface area (Å²) in [5.74, 6) is -0.895. The highest BCUT2D eigenvalue weighted by molar-refractivity contribution is 6.05. The van der Waals surface area contributed by atoms with Gasteiger partial charge in [-0.25, -0.2) is 4.79 Å². The van der Waals surface area contributed by atoms with E-state index >= 15 is 0 Å². The van der Waals surface area contributed by atoms with Crippen molar-refractivity contribution in [2.75, 3.05) is 0 Å². The summed E-state index contributed by atoms with van der Waals surface area (Å²) in [5, 5.41) is 22.0. The molecule has 128 valence electrons. The molecule has 0 radical (unpaired) electrons. The average molecular weight is 349 g/mol. The molecule has 0 saturated heterocycles. The molecule has 1 aromatic heterocycles. The van der Waals surface area contributed by atoms with Gasteiger partial charge in [0.1, 0.15) is 16.9 Å². The van der Waals surface area contributed by atoms with Crippen LogP contribution in [-0.4, -0.2) is 16.0 Å². The van der Waals surface area contributed by atoms with Crippen molar-refractivity contribution < 1.29 is 24.0 Å². The number of nitro benzene ring substituents is 1. The predicted octanol–water partition coefficient (Wildman–Crippen LogP) is 4.98. The Morgan fingerprint density at radius 2 is 1.77 bits per heavy atom. The van der Waals surface area contributed by atoms with E-state index in [1.54, 1.807) is 18.2 Å². The third-order valence-electron chi connectivity index (χ3n) is 3.98. The van der Waals surface area contributed by atoms with Crippen molar-refractivity contribution in [3.05, 3.63) is 76.3 Å². The fraction of sp³-hybridized carbons (Fsp3) is 0. The number of nitro groups is 1. The highest BCUT2D eigenvalue weighted by Gasteiger charge is 2.19. The Kier molecular flexibility index (Phi) is 3.54. The summed E-state index contributed by atoms with van der Waals surface area (Å²) < 4.78 is 11.4. The number of para-hydroxylation sites is 1. The molecule has 7 heteroatoms. The second-order valence-electron chi connectivity index (χ2n) is 5.60. The van der Waals surface area contributed by atoms with Crippen LogP contribution in [0.2, 0.25) is 0 Å². The van der Waals surface area contributed by atoms with Crippen LogP contribution in [-0.2, 0) is 0 Å². The molecule has 4 aromatic rings. The normalized spacial score (nSPS) is 10.9. The molecule has 0 amide bonds. The lowest BCUT2D eigenvalue weighted by molar-refractivity contribution is -0.385. The number of carboxylic acids is 1. The highest BCUT2D eigenvalue weighted by atomic mass is 16.6. The van der Waals surface area contributed by atoms with Crippen LogP contribution in [0, 0.1) is 10.1 Å². The second kappa shape index (κ2) is 5.89. The van der Waals surface area contributed by atoms with E-state index in [4.69, 9.17) is 14.3 Å². The van der Waals surface area contributed by atoms with E-state index in [9.17, 15) is 14.9 Å². The van der Waals surface area contributed by atoms with Crippen molar-refractivity contribution >= 4 is 33.6 Å². The number of carbonyl (C=O) groups is 1. The number of ether oxygens (including phenoxy) is 1. The van der Waals surface area contributed by atoms with Gasteiger partial charge in [0, 0.05) is 16.8 Å². The van der Waals surface area contributed by atoms with Crippen molar-refractivity contribution in [2.24, 2.45) is 0 Å². The summed E-state index contributed by atoms with van der Waals surface area (Å²) in [5.41, 5.74) is 0.813. The van der Waals surface area contributed by atoms with E-state index in [2.05, 4.69) is 0 Å². The molecule has 4 rings (SSSR count). The Morgan fingerprint density at radius 1 is 1.00 bits per heavy atom. The third kappa shape index (κ3) is 2.61. The lowest BCUT2D eigenvalue weighted by atomic mass is 10.1. The molecule has 0 saturated carbocycles. The minimum absolute atomic E-state index is 0.0350. The maximum atomic E-state index is 11.3. The maximum absolute atomic E-state index is 11.3. The standard InChI is InChI=1S/C19H11NO6/c21-19(22)11-5-7-18(15(9-11)20(23)24)25-12-6-8-17-14(10-12)13-3-1-2-4-16(13)26-17/h1-10H,(H,21,22). The molecule has 7 nitrogen and oxygen atoms in total. The van der Waals surface area contributed by atoms with Crippen molar-refractivity contribution in [1.29, 1.82) is 0 Å². The third-order valence-corrected chi connectivity index (χ3v) is 3.98. The van der Waals surface area contributed by atoms with Crippen LogP contribution < -0.4 is 4.74 Å². The number of hydrogen-bond donors (Lipinski definition) is 1. The van der Waals surface area contributed by atoms with Gasteiger partial charge in [-0.15, -0.1) is 0 Å². The van der Waals surface area contributed by atoms with Crippen molar-refractivity contribution in [3.63, 3.8) is 0 Å². The number of fused-ring (bicyclic) bond motifs is 3. The SMILES string of the molecule is O=C(O)c1ccc(Oc2ccc3oc4ccccc4c3c2)c([N+](=O)[O-])c1. The zero-order valence-electron chi connectivity index (χ0n) is 13.2. The van der Waals surface area contributed by atoms with Gasteiger partial charge in [-0.3, -0.25) is 10.1 Å². The van der Waals surface area contributed by atoms with Crippen LogP contribution in [0.15, 0.2) is 65.1 Å². The molecular weight excluding hydrogens is 338 g/mol. The largest absolute Gasteiger partial charge is 0.478 e. The van der Waals surface area contributed by atoms with E-state index in [1.165, 1.54) is 12.1 Å². The lowest BCUT2D eigenvalue weighted by Crippen LogP contribution is -2.00. The van der Waals surface area contributed by atoms with Gasteiger partial charge in [0.15, 0.2) is 0 Å². The van der Waals surface area contributed by atoms with Crippen LogP contribution in [0.3, 0.4) is 0 Å². The van der Waals surface area contributed by atoms with Gasteiger partial charge in [-0.2, -0.15) is 0 Å². The van der Waals surface area contributed by atoms with E-state index in [1.807, 2.05) is 24.3 Å². The summed E-state index contributed by atoms with van der Waals surface area (Å²) in [6, 6.07) is 16.1. The first-order chi connectivity index (χ1) is 12.5. The van der Waals surface area contributed by atoms with Crippen LogP contribution in [0.25, 0.3) is 21.9 Å². The average Bonchev–Trinajstić information content (AvgIpc) is 3.00. The zero-order chi connectivity index (χ0) is 18.3. The Bertz CT molecular complexity index is 1180. The van der Waals surface area contributed by atoms with Crippen LogP contribution in [0.5, 0.6) is 11.5 Å². The van der Waals surface area contributed by atoms with Crippen LogP contribution in [0.1, 0.15) is 10.4 Å². The summed E-state index contributed by atoms with van der Waals surface area (Å²) in [6.07, 6.45) is 0. The van der Waals surface area contributed by atoms with Gasteiger partial charge in [-0.1, -0.05) is 18.2 Å². The number of furan rings is 1. The summed E-state index contributed by atoms with van der Waals surface area (Å²) >= 11 is 0. The van der Waals surface area contributed by atoms with E-state index < -0.39 is 16.6 Å². The zero-order valence-corrected chi connectivity index (χ0v) is 13.2. The van der Waals surface area contributed by atoms with Gasteiger partial charge in [0.2, 0.25) is 5.75 Å².